The first kappa shape index (κ1) is 21.7. The van der Waals surface area contributed by atoms with Crippen LogP contribution in [-0.4, -0.2) is 64.5 Å². The summed E-state index contributed by atoms with van der Waals surface area (Å²) in [4.78, 5) is 28.9. The molecule has 0 aromatic heterocycles. The van der Waals surface area contributed by atoms with E-state index in [1.807, 2.05) is 0 Å². The van der Waals surface area contributed by atoms with Gasteiger partial charge in [-0.15, -0.1) is 0 Å². The van der Waals surface area contributed by atoms with Gasteiger partial charge in [0, 0.05) is 18.7 Å². The Kier molecular flexibility index (Phi) is 8.53. The lowest BCUT2D eigenvalue weighted by Gasteiger charge is -2.20. The van der Waals surface area contributed by atoms with Crippen molar-refractivity contribution in [3.05, 3.63) is 24.3 Å². The van der Waals surface area contributed by atoms with Gasteiger partial charge in [0.2, 0.25) is 11.8 Å². The lowest BCUT2D eigenvalue weighted by Crippen LogP contribution is -2.35. The molecule has 1 aliphatic heterocycles. The van der Waals surface area contributed by atoms with Crippen LogP contribution < -0.4 is 10.1 Å². The molecular formula is C19H27N3O3S2. The zero-order chi connectivity index (χ0) is 19.8. The smallest absolute Gasteiger partial charge is 0.242 e. The summed E-state index contributed by atoms with van der Waals surface area (Å²) in [5.74, 6) is 0.466. The number of thioether (sulfide) groups is 1. The van der Waals surface area contributed by atoms with Crippen molar-refractivity contribution in [3.63, 3.8) is 0 Å². The van der Waals surface area contributed by atoms with E-state index in [2.05, 4.69) is 24.1 Å². The monoisotopic (exact) mass is 409 g/mol. The molecule has 1 N–H and O–H groups in total. The first-order chi connectivity index (χ1) is 13.0. The van der Waals surface area contributed by atoms with Crippen molar-refractivity contribution in [1.29, 1.82) is 0 Å². The molecule has 0 spiro atoms. The Morgan fingerprint density at radius 2 is 1.96 bits per heavy atom. The van der Waals surface area contributed by atoms with Gasteiger partial charge in [0.15, 0.2) is 0 Å². The summed E-state index contributed by atoms with van der Waals surface area (Å²) in [6, 6.07) is 7.09. The van der Waals surface area contributed by atoms with E-state index < -0.39 is 5.25 Å². The Morgan fingerprint density at radius 3 is 2.56 bits per heavy atom. The molecule has 1 heterocycles. The minimum absolute atomic E-state index is 0.0607. The Bertz CT molecular complexity index is 663. The molecule has 0 radical (unpaired) electrons. The topological polar surface area (TPSA) is 61.9 Å². The maximum atomic E-state index is 12.6. The minimum atomic E-state index is -0.441. The van der Waals surface area contributed by atoms with Gasteiger partial charge in [-0.1, -0.05) is 37.8 Å². The number of methoxy groups -OCH3 is 1. The van der Waals surface area contributed by atoms with Crippen LogP contribution in [0.1, 0.15) is 26.7 Å². The van der Waals surface area contributed by atoms with Crippen LogP contribution in [0.4, 0.5) is 5.69 Å². The third-order valence-corrected chi connectivity index (χ3v) is 6.08. The quantitative estimate of drug-likeness (QED) is 0.600. The number of benzene rings is 1. The summed E-state index contributed by atoms with van der Waals surface area (Å²) in [6.45, 7) is 7.80. The van der Waals surface area contributed by atoms with Crippen LogP contribution in [0.3, 0.4) is 0 Å². The second-order valence-corrected chi connectivity index (χ2v) is 8.06. The highest BCUT2D eigenvalue weighted by Gasteiger charge is 2.37. The van der Waals surface area contributed by atoms with Gasteiger partial charge in [0.25, 0.3) is 0 Å². The van der Waals surface area contributed by atoms with Gasteiger partial charge in [-0.25, -0.2) is 0 Å². The highest BCUT2D eigenvalue weighted by Crippen LogP contribution is 2.30. The molecule has 1 aromatic rings. The zero-order valence-electron chi connectivity index (χ0n) is 16.1. The van der Waals surface area contributed by atoms with E-state index in [1.54, 1.807) is 36.3 Å². The van der Waals surface area contributed by atoms with E-state index in [1.165, 1.54) is 11.8 Å². The van der Waals surface area contributed by atoms with Crippen LogP contribution in [0, 0.1) is 0 Å². The first-order valence-corrected chi connectivity index (χ1v) is 10.5. The van der Waals surface area contributed by atoms with Crippen molar-refractivity contribution in [2.24, 2.45) is 0 Å². The predicted octanol–water partition coefficient (Wildman–Crippen LogP) is 2.98. The van der Waals surface area contributed by atoms with Crippen LogP contribution in [0.15, 0.2) is 24.3 Å². The van der Waals surface area contributed by atoms with Gasteiger partial charge in [-0.05, 0) is 50.3 Å². The first-order valence-electron chi connectivity index (χ1n) is 9.16. The number of nitrogens with zero attached hydrogens (tertiary/aromatic N) is 2. The van der Waals surface area contributed by atoms with E-state index >= 15 is 0 Å². The van der Waals surface area contributed by atoms with Crippen LogP contribution in [0.5, 0.6) is 5.75 Å². The fraction of sp³-hybridized carbons (Fsp3) is 0.526. The van der Waals surface area contributed by atoms with Gasteiger partial charge in [-0.3, -0.25) is 14.5 Å². The molecule has 2 amide bonds. The normalized spacial score (nSPS) is 16.9. The van der Waals surface area contributed by atoms with Gasteiger partial charge in [-0.2, -0.15) is 0 Å². The SMILES string of the molecule is CCN(CC)CCCN1C(=O)C(CC(=O)Nc2ccc(OC)cc2)SC1=S. The maximum Gasteiger partial charge on any atom is 0.242 e. The molecule has 0 saturated carbocycles. The molecule has 0 bridgehead atoms. The standard InChI is InChI=1S/C19H27N3O3S2/c1-4-21(5-2)11-6-12-22-18(24)16(27-19(22)26)13-17(23)20-14-7-9-15(25-3)10-8-14/h7-10,16H,4-6,11-13H2,1-3H3,(H,20,23). The summed E-state index contributed by atoms with van der Waals surface area (Å²) in [6.07, 6.45) is 0.987. The van der Waals surface area contributed by atoms with E-state index in [-0.39, 0.29) is 18.2 Å². The number of nitrogens with one attached hydrogen (secondary N) is 1. The average molecular weight is 410 g/mol. The number of carbonyl (C=O) groups is 2. The van der Waals surface area contributed by atoms with Crippen molar-refractivity contribution >= 4 is 45.8 Å². The Hall–Kier alpha value is -1.64. The number of hydrogen-bond acceptors (Lipinski definition) is 6. The molecule has 1 aliphatic rings. The Morgan fingerprint density at radius 1 is 1.30 bits per heavy atom. The van der Waals surface area contributed by atoms with E-state index in [9.17, 15) is 9.59 Å². The number of hydrogen-bond donors (Lipinski definition) is 1. The summed E-state index contributed by atoms with van der Waals surface area (Å²) in [5.41, 5.74) is 0.676. The molecule has 8 heteroatoms. The summed E-state index contributed by atoms with van der Waals surface area (Å²) >= 11 is 6.66. The number of rotatable bonds is 10. The number of carbonyl (C=O) groups excluding carboxylic acids is 2. The van der Waals surface area contributed by atoms with Crippen molar-refractivity contribution in [1.82, 2.24) is 9.80 Å². The van der Waals surface area contributed by atoms with Crippen molar-refractivity contribution in [2.75, 3.05) is 38.6 Å². The third-order valence-electron chi connectivity index (χ3n) is 4.50. The molecule has 1 saturated heterocycles. The fourth-order valence-corrected chi connectivity index (χ4v) is 4.42. The van der Waals surface area contributed by atoms with Gasteiger partial charge in [0.1, 0.15) is 10.1 Å². The summed E-state index contributed by atoms with van der Waals surface area (Å²) in [7, 11) is 1.59. The molecule has 1 atom stereocenters. The van der Waals surface area contributed by atoms with Crippen molar-refractivity contribution < 1.29 is 14.3 Å². The van der Waals surface area contributed by atoms with Crippen LogP contribution in [0.2, 0.25) is 0 Å². The number of anilines is 1. The minimum Gasteiger partial charge on any atom is -0.497 e. The molecule has 1 aromatic carbocycles. The lowest BCUT2D eigenvalue weighted by molar-refractivity contribution is -0.128. The Labute approximate surface area is 170 Å². The third kappa shape index (κ3) is 6.19. The Balaban J connectivity index is 1.83. The molecule has 6 nitrogen and oxygen atoms in total. The molecule has 0 aliphatic carbocycles. The molecule has 1 fully saturated rings. The molecule has 27 heavy (non-hydrogen) atoms. The highest BCUT2D eigenvalue weighted by atomic mass is 32.2. The fourth-order valence-electron chi connectivity index (χ4n) is 2.88. The second-order valence-electron chi connectivity index (χ2n) is 6.22. The zero-order valence-corrected chi connectivity index (χ0v) is 17.7. The summed E-state index contributed by atoms with van der Waals surface area (Å²) in [5, 5.41) is 2.37. The second kappa shape index (κ2) is 10.6. The molecule has 2 rings (SSSR count). The van der Waals surface area contributed by atoms with Crippen molar-refractivity contribution in [2.45, 2.75) is 31.9 Å². The number of thiocarbonyl (C=S) groups is 1. The van der Waals surface area contributed by atoms with Gasteiger partial charge >= 0.3 is 0 Å². The van der Waals surface area contributed by atoms with Gasteiger partial charge in [0.05, 0.1) is 12.4 Å². The maximum absolute atomic E-state index is 12.6. The van der Waals surface area contributed by atoms with Crippen LogP contribution in [0.25, 0.3) is 0 Å². The largest absolute Gasteiger partial charge is 0.497 e. The predicted molar refractivity (Wildman–Crippen MR) is 114 cm³/mol. The number of amides is 2. The van der Waals surface area contributed by atoms with Gasteiger partial charge < -0.3 is 15.0 Å². The van der Waals surface area contributed by atoms with E-state index in [0.29, 0.717) is 16.6 Å². The lowest BCUT2D eigenvalue weighted by atomic mass is 10.2. The molecular weight excluding hydrogens is 382 g/mol. The molecule has 148 valence electrons. The van der Waals surface area contributed by atoms with Crippen LogP contribution >= 0.6 is 24.0 Å². The van der Waals surface area contributed by atoms with Crippen LogP contribution in [-0.2, 0) is 9.59 Å². The highest BCUT2D eigenvalue weighted by molar-refractivity contribution is 8.24. The van der Waals surface area contributed by atoms with Crippen molar-refractivity contribution in [3.8, 4) is 5.75 Å². The number of ether oxygens (including phenoxy) is 1. The van der Waals surface area contributed by atoms with E-state index in [0.717, 1.165) is 31.8 Å². The molecule has 1 unspecified atom stereocenters. The van der Waals surface area contributed by atoms with E-state index in [4.69, 9.17) is 17.0 Å². The average Bonchev–Trinajstić information content (AvgIpc) is 2.92. The summed E-state index contributed by atoms with van der Waals surface area (Å²) < 4.78 is 5.67.